The van der Waals surface area contributed by atoms with E-state index in [2.05, 4.69) is 53.3 Å². The monoisotopic (exact) mass is 513 g/mol. The van der Waals surface area contributed by atoms with Gasteiger partial charge in [-0.1, -0.05) is 91.5 Å². The number of ether oxygens (including phenoxy) is 2. The van der Waals surface area contributed by atoms with Gasteiger partial charge in [0.15, 0.2) is 11.4 Å². The molecule has 0 aliphatic carbocycles. The van der Waals surface area contributed by atoms with Crippen molar-refractivity contribution in [2.75, 3.05) is 5.75 Å². The number of nitrogens with two attached hydrogens (primary N) is 1. The van der Waals surface area contributed by atoms with Gasteiger partial charge in [-0.2, -0.15) is 0 Å². The zero-order valence-corrected chi connectivity index (χ0v) is 21.6. The van der Waals surface area contributed by atoms with Crippen molar-refractivity contribution >= 4 is 11.8 Å². The lowest BCUT2D eigenvalue weighted by atomic mass is 9.91. The fraction of sp³-hybridized carbons (Fsp3) is 0.267. The Labute approximate surface area is 221 Å². The smallest absolute Gasteiger partial charge is 0.187 e. The van der Waals surface area contributed by atoms with E-state index in [0.717, 1.165) is 38.5 Å². The van der Waals surface area contributed by atoms with Gasteiger partial charge in [-0.15, -0.1) is 0 Å². The molecule has 0 unspecified atom stereocenters. The number of nitrogens with zero attached hydrogens (tertiary/aromatic N) is 2. The number of aliphatic hydroxyl groups excluding tert-OH is 1. The summed E-state index contributed by atoms with van der Waals surface area (Å²) in [5.41, 5.74) is 12.2. The Balaban J connectivity index is 1.40. The van der Waals surface area contributed by atoms with Crippen molar-refractivity contribution < 1.29 is 14.6 Å². The molecule has 5 rings (SSSR count). The molecule has 0 saturated carbocycles. The quantitative estimate of drug-likeness (QED) is 0.231. The fourth-order valence-electron chi connectivity index (χ4n) is 4.63. The lowest BCUT2D eigenvalue weighted by molar-refractivity contribution is -0.268. The molecular formula is C30H31N3O3S. The van der Waals surface area contributed by atoms with Crippen LogP contribution in [0, 0.1) is 5.92 Å². The number of hydrogen-bond acceptors (Lipinski definition) is 7. The minimum Gasteiger partial charge on any atom is -0.392 e. The largest absolute Gasteiger partial charge is 0.392 e. The van der Waals surface area contributed by atoms with E-state index in [-0.39, 0.29) is 24.7 Å². The topological polar surface area (TPSA) is 90.5 Å². The summed E-state index contributed by atoms with van der Waals surface area (Å²) in [4.78, 5) is 8.69. The normalized spacial score (nSPS) is 21.6. The first kappa shape index (κ1) is 25.6. The molecule has 0 radical (unpaired) electrons. The zero-order chi connectivity index (χ0) is 25.6. The molecule has 0 spiro atoms. The third kappa shape index (κ3) is 5.92. The maximum absolute atomic E-state index is 9.47. The van der Waals surface area contributed by atoms with Crippen LogP contribution in [0.15, 0.2) is 96.4 Å². The maximum Gasteiger partial charge on any atom is 0.187 e. The van der Waals surface area contributed by atoms with E-state index in [9.17, 15) is 5.11 Å². The van der Waals surface area contributed by atoms with Crippen molar-refractivity contribution in [2.24, 2.45) is 11.7 Å². The van der Waals surface area contributed by atoms with Crippen LogP contribution in [0.25, 0.3) is 11.1 Å². The van der Waals surface area contributed by atoms with Crippen molar-refractivity contribution in [3.63, 3.8) is 0 Å². The molecule has 1 fully saturated rings. The van der Waals surface area contributed by atoms with Crippen molar-refractivity contribution in [3.8, 4) is 11.1 Å². The summed E-state index contributed by atoms with van der Waals surface area (Å²) in [7, 11) is 0. The average Bonchev–Trinajstić information content (AvgIpc) is 2.97. The van der Waals surface area contributed by atoms with Crippen LogP contribution < -0.4 is 5.73 Å². The van der Waals surface area contributed by atoms with Crippen molar-refractivity contribution in [1.82, 2.24) is 9.97 Å². The summed E-state index contributed by atoms with van der Waals surface area (Å²) in [6.07, 6.45) is 2.75. The number of rotatable bonds is 8. The van der Waals surface area contributed by atoms with E-state index in [0.29, 0.717) is 12.3 Å². The van der Waals surface area contributed by atoms with Crippen LogP contribution in [0.4, 0.5) is 0 Å². The zero-order valence-electron chi connectivity index (χ0n) is 20.7. The van der Waals surface area contributed by atoms with Gasteiger partial charge in [-0.25, -0.2) is 9.97 Å². The molecule has 3 aromatic carbocycles. The molecule has 37 heavy (non-hydrogen) atoms. The summed E-state index contributed by atoms with van der Waals surface area (Å²) in [5.74, 6) is 0.807. The van der Waals surface area contributed by atoms with Gasteiger partial charge in [0.25, 0.3) is 0 Å². The Morgan fingerprint density at radius 1 is 0.865 bits per heavy atom. The minimum absolute atomic E-state index is 0.0169. The predicted octanol–water partition coefficient (Wildman–Crippen LogP) is 5.68. The SMILES string of the molecule is C[C@H]1[C@@H](CSc2ncccn2)O[C@@H](c2ccc(-c3ccccc3CN)cc2)O[C@H]1c1ccc(CO)cc1. The third-order valence-electron chi connectivity index (χ3n) is 6.77. The first-order valence-electron chi connectivity index (χ1n) is 12.4. The van der Waals surface area contributed by atoms with Gasteiger partial charge in [0.2, 0.25) is 0 Å². The van der Waals surface area contributed by atoms with Crippen molar-refractivity contribution in [3.05, 3.63) is 114 Å². The van der Waals surface area contributed by atoms with E-state index in [4.69, 9.17) is 15.2 Å². The second-order valence-electron chi connectivity index (χ2n) is 9.15. The second kappa shape index (κ2) is 12.0. The number of thioether (sulfide) groups is 1. The van der Waals surface area contributed by atoms with Crippen LogP contribution in [-0.4, -0.2) is 26.9 Å². The highest BCUT2D eigenvalue weighted by Crippen LogP contribution is 2.43. The highest BCUT2D eigenvalue weighted by atomic mass is 32.2. The second-order valence-corrected chi connectivity index (χ2v) is 10.1. The average molecular weight is 514 g/mol. The molecule has 4 atom stereocenters. The minimum atomic E-state index is -0.514. The van der Waals surface area contributed by atoms with Crippen LogP contribution in [0.3, 0.4) is 0 Å². The van der Waals surface area contributed by atoms with Crippen LogP contribution in [0.1, 0.15) is 41.6 Å². The predicted molar refractivity (Wildman–Crippen MR) is 145 cm³/mol. The summed E-state index contributed by atoms with van der Waals surface area (Å²) in [5, 5.41) is 10.2. The van der Waals surface area contributed by atoms with E-state index in [1.165, 1.54) is 0 Å². The van der Waals surface area contributed by atoms with Crippen molar-refractivity contribution in [2.45, 2.75) is 43.7 Å². The number of aliphatic hydroxyl groups is 1. The Hall–Kier alpha value is -3.07. The van der Waals surface area contributed by atoms with Crippen LogP contribution >= 0.6 is 11.8 Å². The first-order valence-corrected chi connectivity index (χ1v) is 13.4. The van der Waals surface area contributed by atoms with Gasteiger partial charge in [0.05, 0.1) is 18.8 Å². The molecule has 6 nitrogen and oxygen atoms in total. The Morgan fingerprint density at radius 2 is 1.57 bits per heavy atom. The van der Waals surface area contributed by atoms with E-state index >= 15 is 0 Å². The standard InChI is InChI=1S/C30H31N3O3S/c1-20-27(19-37-30-32-15-4-16-33-30)35-29(36-28(20)23-9-7-21(18-34)8-10-23)24-13-11-22(12-14-24)26-6-3-2-5-25(26)17-31/h2-16,20,27-29,34H,17-19,31H2,1H3/t20-,27+,28+,29+/m0/s1. The van der Waals surface area contributed by atoms with E-state index in [1.807, 2.05) is 42.5 Å². The molecule has 4 aromatic rings. The molecule has 1 aliphatic rings. The third-order valence-corrected chi connectivity index (χ3v) is 7.74. The molecule has 3 N–H and O–H groups in total. The maximum atomic E-state index is 9.47. The van der Waals surface area contributed by atoms with Gasteiger partial charge in [-0.05, 0) is 33.9 Å². The van der Waals surface area contributed by atoms with Gasteiger partial charge < -0.3 is 20.3 Å². The molecule has 2 heterocycles. The molecule has 1 aliphatic heterocycles. The Kier molecular flexibility index (Phi) is 8.28. The molecular weight excluding hydrogens is 482 g/mol. The van der Waals surface area contributed by atoms with Gasteiger partial charge in [-0.3, -0.25) is 0 Å². The van der Waals surface area contributed by atoms with E-state index < -0.39 is 6.29 Å². The molecule has 0 bridgehead atoms. The summed E-state index contributed by atoms with van der Waals surface area (Å²) < 4.78 is 13.1. The van der Waals surface area contributed by atoms with E-state index in [1.54, 1.807) is 24.2 Å². The van der Waals surface area contributed by atoms with Gasteiger partial charge in [0, 0.05) is 36.2 Å². The summed E-state index contributed by atoms with van der Waals surface area (Å²) in [6.45, 7) is 2.67. The van der Waals surface area contributed by atoms with Gasteiger partial charge in [0.1, 0.15) is 0 Å². The van der Waals surface area contributed by atoms with Crippen LogP contribution in [0.2, 0.25) is 0 Å². The van der Waals surface area contributed by atoms with Gasteiger partial charge >= 0.3 is 0 Å². The first-order chi connectivity index (χ1) is 18.2. The summed E-state index contributed by atoms with van der Waals surface area (Å²) >= 11 is 1.59. The molecule has 7 heteroatoms. The molecule has 190 valence electrons. The molecule has 1 saturated heterocycles. The number of aromatic nitrogens is 2. The van der Waals surface area contributed by atoms with Crippen molar-refractivity contribution in [1.29, 1.82) is 0 Å². The Bertz CT molecular complexity index is 1290. The Morgan fingerprint density at radius 3 is 2.27 bits per heavy atom. The summed E-state index contributed by atoms with van der Waals surface area (Å²) in [6, 6.07) is 26.3. The van der Waals surface area contributed by atoms with Crippen LogP contribution in [-0.2, 0) is 22.6 Å². The lowest BCUT2D eigenvalue weighted by Gasteiger charge is -2.41. The fourth-order valence-corrected chi connectivity index (χ4v) is 5.59. The number of benzene rings is 3. The van der Waals surface area contributed by atoms with Crippen LogP contribution in [0.5, 0.6) is 0 Å². The molecule has 0 amide bonds. The molecule has 1 aromatic heterocycles. The number of hydrogen-bond donors (Lipinski definition) is 2. The highest BCUT2D eigenvalue weighted by Gasteiger charge is 2.38. The lowest BCUT2D eigenvalue weighted by Crippen LogP contribution is -2.38. The highest BCUT2D eigenvalue weighted by molar-refractivity contribution is 7.99.